The molecule has 0 unspecified atom stereocenters. The van der Waals surface area contributed by atoms with E-state index in [0.29, 0.717) is 6.54 Å². The van der Waals surface area contributed by atoms with Crippen molar-refractivity contribution in [3.8, 4) is 0 Å². The van der Waals surface area contributed by atoms with Crippen molar-refractivity contribution in [1.29, 1.82) is 0 Å². The SMILES string of the molecule is Cc1ccc2c(c1)N(C(=O)NC[C@@H]1CCCO1)CCC2. The predicted molar refractivity (Wildman–Crippen MR) is 79.2 cm³/mol. The van der Waals surface area contributed by atoms with Crippen molar-refractivity contribution >= 4 is 11.7 Å². The highest BCUT2D eigenvalue weighted by Crippen LogP contribution is 2.28. The first-order valence-electron chi connectivity index (χ1n) is 7.50. The van der Waals surface area contributed by atoms with Crippen molar-refractivity contribution < 1.29 is 9.53 Å². The Bertz CT molecular complexity index is 495. The van der Waals surface area contributed by atoms with Gasteiger partial charge in [0, 0.05) is 25.4 Å². The number of urea groups is 1. The molecular formula is C16H22N2O2. The van der Waals surface area contributed by atoms with Crippen LogP contribution in [0.15, 0.2) is 18.2 Å². The van der Waals surface area contributed by atoms with Crippen molar-refractivity contribution in [2.24, 2.45) is 0 Å². The summed E-state index contributed by atoms with van der Waals surface area (Å²) in [5.41, 5.74) is 3.54. The van der Waals surface area contributed by atoms with Gasteiger partial charge in [0.15, 0.2) is 0 Å². The van der Waals surface area contributed by atoms with Crippen LogP contribution in [0.25, 0.3) is 0 Å². The number of aryl methyl sites for hydroxylation is 2. The van der Waals surface area contributed by atoms with Gasteiger partial charge >= 0.3 is 6.03 Å². The number of nitrogens with zero attached hydrogens (tertiary/aromatic N) is 1. The molecule has 2 aliphatic rings. The van der Waals surface area contributed by atoms with E-state index in [1.807, 2.05) is 4.90 Å². The molecule has 2 heterocycles. The fourth-order valence-electron chi connectivity index (χ4n) is 3.00. The first kappa shape index (κ1) is 13.4. The van der Waals surface area contributed by atoms with Gasteiger partial charge in [-0.1, -0.05) is 12.1 Å². The summed E-state index contributed by atoms with van der Waals surface area (Å²) in [6.07, 6.45) is 4.44. The maximum Gasteiger partial charge on any atom is 0.321 e. The standard InChI is InChI=1S/C16H22N2O2/c1-12-6-7-13-4-2-8-18(15(13)10-12)16(19)17-11-14-5-3-9-20-14/h6-7,10,14H,2-5,8-9,11H2,1H3,(H,17,19)/t14-/m0/s1. The number of fused-ring (bicyclic) bond motifs is 1. The number of carbonyl (C=O) groups excluding carboxylic acids is 1. The molecule has 4 heteroatoms. The Morgan fingerprint density at radius 2 is 2.35 bits per heavy atom. The van der Waals surface area contributed by atoms with Crippen molar-refractivity contribution in [3.63, 3.8) is 0 Å². The molecule has 1 N–H and O–H groups in total. The summed E-state index contributed by atoms with van der Waals surface area (Å²) in [7, 11) is 0. The molecule has 1 aromatic carbocycles. The number of amides is 2. The Hall–Kier alpha value is -1.55. The molecule has 0 spiro atoms. The Morgan fingerprint density at radius 3 is 3.15 bits per heavy atom. The number of carbonyl (C=O) groups is 1. The van der Waals surface area contributed by atoms with Crippen LogP contribution in [0.2, 0.25) is 0 Å². The van der Waals surface area contributed by atoms with Crippen LogP contribution in [0, 0.1) is 6.92 Å². The van der Waals surface area contributed by atoms with Gasteiger partial charge < -0.3 is 10.1 Å². The zero-order chi connectivity index (χ0) is 13.9. The number of anilines is 1. The number of benzene rings is 1. The summed E-state index contributed by atoms with van der Waals surface area (Å²) in [5, 5.41) is 3.02. The molecule has 1 atom stereocenters. The van der Waals surface area contributed by atoms with E-state index < -0.39 is 0 Å². The van der Waals surface area contributed by atoms with E-state index in [9.17, 15) is 4.79 Å². The minimum absolute atomic E-state index is 0.00653. The lowest BCUT2D eigenvalue weighted by atomic mass is 10.0. The van der Waals surface area contributed by atoms with Gasteiger partial charge in [0.25, 0.3) is 0 Å². The largest absolute Gasteiger partial charge is 0.376 e. The lowest BCUT2D eigenvalue weighted by Crippen LogP contribution is -2.45. The molecular weight excluding hydrogens is 252 g/mol. The molecule has 2 aliphatic heterocycles. The first-order chi connectivity index (χ1) is 9.74. The van der Waals surface area contributed by atoms with Crippen LogP contribution in [0.3, 0.4) is 0 Å². The van der Waals surface area contributed by atoms with E-state index in [-0.39, 0.29) is 12.1 Å². The maximum absolute atomic E-state index is 12.4. The number of hydrogen-bond donors (Lipinski definition) is 1. The van der Waals surface area contributed by atoms with Crippen molar-refractivity contribution in [2.75, 3.05) is 24.6 Å². The fourth-order valence-corrected chi connectivity index (χ4v) is 3.00. The topological polar surface area (TPSA) is 41.6 Å². The number of rotatable bonds is 2. The van der Waals surface area contributed by atoms with Crippen molar-refractivity contribution in [1.82, 2.24) is 5.32 Å². The smallest absolute Gasteiger partial charge is 0.321 e. The van der Waals surface area contributed by atoms with Gasteiger partial charge in [0.1, 0.15) is 0 Å². The Labute approximate surface area is 120 Å². The molecule has 1 aromatic rings. The molecule has 0 bridgehead atoms. The van der Waals surface area contributed by atoms with E-state index in [2.05, 4.69) is 30.4 Å². The monoisotopic (exact) mass is 274 g/mol. The molecule has 20 heavy (non-hydrogen) atoms. The first-order valence-corrected chi connectivity index (χ1v) is 7.50. The molecule has 2 amide bonds. The number of ether oxygens (including phenoxy) is 1. The number of nitrogens with one attached hydrogen (secondary N) is 1. The summed E-state index contributed by atoms with van der Waals surface area (Å²) in [6, 6.07) is 6.38. The fraction of sp³-hybridized carbons (Fsp3) is 0.562. The second-order valence-electron chi connectivity index (χ2n) is 5.71. The zero-order valence-electron chi connectivity index (χ0n) is 12.0. The maximum atomic E-state index is 12.4. The second-order valence-corrected chi connectivity index (χ2v) is 5.71. The lowest BCUT2D eigenvalue weighted by Gasteiger charge is -2.30. The molecule has 0 aliphatic carbocycles. The van der Waals surface area contributed by atoms with E-state index in [4.69, 9.17) is 4.74 Å². The molecule has 4 nitrogen and oxygen atoms in total. The van der Waals surface area contributed by atoms with E-state index >= 15 is 0 Å². The van der Waals surface area contributed by atoms with E-state index in [0.717, 1.165) is 44.5 Å². The van der Waals surface area contributed by atoms with Crippen molar-refractivity contribution in [2.45, 2.75) is 38.7 Å². The van der Waals surface area contributed by atoms with Gasteiger partial charge in [0.2, 0.25) is 0 Å². The van der Waals surface area contributed by atoms with Crippen LogP contribution in [0.1, 0.15) is 30.4 Å². The Kier molecular flexibility index (Phi) is 3.92. The normalized spacial score (nSPS) is 21.6. The zero-order valence-corrected chi connectivity index (χ0v) is 12.0. The Balaban J connectivity index is 1.68. The third-order valence-corrected chi connectivity index (χ3v) is 4.11. The Morgan fingerprint density at radius 1 is 1.45 bits per heavy atom. The highest BCUT2D eigenvalue weighted by molar-refractivity contribution is 5.93. The quantitative estimate of drug-likeness (QED) is 0.900. The highest BCUT2D eigenvalue weighted by Gasteiger charge is 2.24. The van der Waals surface area contributed by atoms with Gasteiger partial charge in [-0.15, -0.1) is 0 Å². The minimum atomic E-state index is 0.00653. The lowest BCUT2D eigenvalue weighted by molar-refractivity contribution is 0.111. The van der Waals surface area contributed by atoms with Crippen LogP contribution in [0.4, 0.5) is 10.5 Å². The van der Waals surface area contributed by atoms with Crippen LogP contribution >= 0.6 is 0 Å². The molecule has 1 fully saturated rings. The summed E-state index contributed by atoms with van der Waals surface area (Å²) >= 11 is 0. The molecule has 0 aromatic heterocycles. The van der Waals surface area contributed by atoms with Gasteiger partial charge in [-0.2, -0.15) is 0 Å². The van der Waals surface area contributed by atoms with Crippen molar-refractivity contribution in [3.05, 3.63) is 29.3 Å². The van der Waals surface area contributed by atoms with Gasteiger partial charge in [-0.05, 0) is 49.8 Å². The molecule has 0 radical (unpaired) electrons. The summed E-state index contributed by atoms with van der Waals surface area (Å²) < 4.78 is 5.55. The third-order valence-electron chi connectivity index (χ3n) is 4.11. The average molecular weight is 274 g/mol. The predicted octanol–water partition coefficient (Wildman–Crippen LogP) is 2.64. The molecule has 0 saturated carbocycles. The highest BCUT2D eigenvalue weighted by atomic mass is 16.5. The summed E-state index contributed by atoms with van der Waals surface area (Å²) in [4.78, 5) is 14.3. The molecule has 108 valence electrons. The number of hydrogen-bond acceptors (Lipinski definition) is 2. The minimum Gasteiger partial charge on any atom is -0.376 e. The summed E-state index contributed by atoms with van der Waals surface area (Å²) in [6.45, 7) is 4.31. The molecule has 1 saturated heterocycles. The van der Waals surface area contributed by atoms with Crippen LogP contribution in [-0.4, -0.2) is 31.8 Å². The van der Waals surface area contributed by atoms with Gasteiger partial charge in [-0.3, -0.25) is 4.90 Å². The van der Waals surface area contributed by atoms with Crippen LogP contribution < -0.4 is 10.2 Å². The molecule has 3 rings (SSSR count). The van der Waals surface area contributed by atoms with E-state index in [1.54, 1.807) is 0 Å². The van der Waals surface area contributed by atoms with Crippen LogP contribution in [-0.2, 0) is 11.2 Å². The second kappa shape index (κ2) is 5.83. The van der Waals surface area contributed by atoms with Gasteiger partial charge in [-0.25, -0.2) is 4.79 Å². The van der Waals surface area contributed by atoms with Crippen LogP contribution in [0.5, 0.6) is 0 Å². The average Bonchev–Trinajstić information content (AvgIpc) is 2.97. The summed E-state index contributed by atoms with van der Waals surface area (Å²) in [5.74, 6) is 0. The van der Waals surface area contributed by atoms with E-state index in [1.165, 1.54) is 11.1 Å². The third kappa shape index (κ3) is 2.80. The van der Waals surface area contributed by atoms with Gasteiger partial charge in [0.05, 0.1) is 6.10 Å².